The van der Waals surface area contributed by atoms with E-state index in [4.69, 9.17) is 4.98 Å². The van der Waals surface area contributed by atoms with Crippen molar-refractivity contribution in [2.75, 3.05) is 39.0 Å². The highest BCUT2D eigenvalue weighted by Crippen LogP contribution is 2.32. The Labute approximate surface area is 192 Å². The van der Waals surface area contributed by atoms with E-state index in [1.807, 2.05) is 20.2 Å². The molecule has 0 aliphatic carbocycles. The van der Waals surface area contributed by atoms with Crippen molar-refractivity contribution in [2.24, 2.45) is 0 Å². The Morgan fingerprint density at radius 1 is 1.27 bits per heavy atom. The van der Waals surface area contributed by atoms with Gasteiger partial charge in [-0.25, -0.2) is 19.9 Å². The lowest BCUT2D eigenvalue weighted by Crippen LogP contribution is -2.43. The third-order valence-electron chi connectivity index (χ3n) is 6.29. The van der Waals surface area contributed by atoms with Gasteiger partial charge >= 0.3 is 0 Å². The Hall–Kier alpha value is -3.53. The molecule has 1 amide bonds. The van der Waals surface area contributed by atoms with Crippen molar-refractivity contribution in [2.45, 2.75) is 31.8 Å². The number of rotatable bonds is 6. The summed E-state index contributed by atoms with van der Waals surface area (Å²) in [5.41, 5.74) is 3.48. The summed E-state index contributed by atoms with van der Waals surface area (Å²) < 4.78 is 2.35. The highest BCUT2D eigenvalue weighted by atomic mass is 16.2. The van der Waals surface area contributed by atoms with Crippen molar-refractivity contribution in [1.29, 1.82) is 0 Å². The molecule has 0 radical (unpaired) electrons. The number of likely N-dealkylation sites (tertiary alicyclic amines) is 1. The topological polar surface area (TPSA) is 108 Å². The molecule has 1 fully saturated rings. The molecular weight excluding hydrogens is 418 g/mol. The summed E-state index contributed by atoms with van der Waals surface area (Å²) in [5, 5.41) is 3.51. The van der Waals surface area contributed by atoms with Gasteiger partial charge in [0.1, 0.15) is 17.7 Å². The van der Waals surface area contributed by atoms with E-state index in [0.29, 0.717) is 18.0 Å². The lowest BCUT2D eigenvalue weighted by Gasteiger charge is -2.35. The monoisotopic (exact) mass is 447 g/mol. The number of piperidine rings is 1. The summed E-state index contributed by atoms with van der Waals surface area (Å²) in [7, 11) is 3.62. The van der Waals surface area contributed by atoms with Crippen molar-refractivity contribution in [3.63, 3.8) is 0 Å². The minimum Gasteiger partial charge on any atom is -0.358 e. The first-order valence-electron chi connectivity index (χ1n) is 11.3. The zero-order chi connectivity index (χ0) is 22.9. The molecule has 4 heterocycles. The molecule has 10 nitrogen and oxygen atoms in total. The number of nitrogens with zero attached hydrogens (tertiary/aromatic N) is 7. The molecule has 5 rings (SSSR count). The SMILES string of the molecule is C[C@H](Nc1ncnc2nc[nH]c12)c1nc2ccccc2n1C1CCCN(CC(=O)N(C)C)C1. The van der Waals surface area contributed by atoms with Crippen LogP contribution in [-0.2, 0) is 4.79 Å². The number of benzene rings is 1. The zero-order valence-electron chi connectivity index (χ0n) is 19.2. The number of nitrogens with one attached hydrogen (secondary N) is 2. The van der Waals surface area contributed by atoms with Crippen LogP contribution in [0.2, 0.25) is 0 Å². The maximum absolute atomic E-state index is 12.3. The second-order valence-corrected chi connectivity index (χ2v) is 8.84. The molecule has 0 bridgehead atoms. The van der Waals surface area contributed by atoms with E-state index in [0.717, 1.165) is 48.3 Å². The number of aromatic nitrogens is 6. The van der Waals surface area contributed by atoms with Gasteiger partial charge in [0.25, 0.3) is 0 Å². The van der Waals surface area contributed by atoms with Crippen LogP contribution in [0.4, 0.5) is 5.82 Å². The van der Waals surface area contributed by atoms with Crippen LogP contribution in [0.15, 0.2) is 36.9 Å². The summed E-state index contributed by atoms with van der Waals surface area (Å²) in [6.07, 6.45) is 5.23. The molecule has 33 heavy (non-hydrogen) atoms. The highest BCUT2D eigenvalue weighted by Gasteiger charge is 2.28. The van der Waals surface area contributed by atoms with Gasteiger partial charge < -0.3 is 19.8 Å². The van der Waals surface area contributed by atoms with Gasteiger partial charge in [-0.05, 0) is 38.4 Å². The van der Waals surface area contributed by atoms with E-state index in [1.54, 1.807) is 11.2 Å². The molecule has 10 heteroatoms. The molecule has 1 unspecified atom stereocenters. The predicted octanol–water partition coefficient (Wildman–Crippen LogP) is 2.60. The first-order valence-corrected chi connectivity index (χ1v) is 11.3. The molecule has 1 saturated heterocycles. The van der Waals surface area contributed by atoms with Crippen LogP contribution >= 0.6 is 0 Å². The van der Waals surface area contributed by atoms with Crippen LogP contribution in [0.3, 0.4) is 0 Å². The van der Waals surface area contributed by atoms with Gasteiger partial charge in [-0.15, -0.1) is 0 Å². The van der Waals surface area contributed by atoms with Crippen molar-refractivity contribution in [1.82, 2.24) is 39.3 Å². The van der Waals surface area contributed by atoms with E-state index in [9.17, 15) is 4.79 Å². The molecule has 2 atom stereocenters. The Morgan fingerprint density at radius 2 is 2.12 bits per heavy atom. The Bertz CT molecular complexity index is 1280. The van der Waals surface area contributed by atoms with Gasteiger partial charge in [0.15, 0.2) is 11.5 Å². The smallest absolute Gasteiger partial charge is 0.236 e. The Kier molecular flexibility index (Phi) is 5.67. The fraction of sp³-hybridized carbons (Fsp3) is 0.435. The first kappa shape index (κ1) is 21.3. The van der Waals surface area contributed by atoms with Crippen molar-refractivity contribution in [3.8, 4) is 0 Å². The number of para-hydroxylation sites is 2. The van der Waals surface area contributed by atoms with E-state index < -0.39 is 0 Å². The van der Waals surface area contributed by atoms with Gasteiger partial charge in [0.2, 0.25) is 5.91 Å². The summed E-state index contributed by atoms with van der Waals surface area (Å²) >= 11 is 0. The lowest BCUT2D eigenvalue weighted by atomic mass is 10.0. The number of imidazole rings is 2. The minimum absolute atomic E-state index is 0.0995. The molecular formula is C23H29N9O. The third kappa shape index (κ3) is 4.13. The van der Waals surface area contributed by atoms with Crippen molar-refractivity contribution in [3.05, 3.63) is 42.7 Å². The summed E-state index contributed by atoms with van der Waals surface area (Å²) in [4.78, 5) is 37.2. The number of hydrogen-bond acceptors (Lipinski definition) is 7. The van der Waals surface area contributed by atoms with Crippen molar-refractivity contribution >= 4 is 33.9 Å². The number of amides is 1. The number of hydrogen-bond donors (Lipinski definition) is 2. The molecule has 172 valence electrons. The number of carbonyl (C=O) groups excluding carboxylic acids is 1. The zero-order valence-corrected chi connectivity index (χ0v) is 19.2. The van der Waals surface area contributed by atoms with Crippen LogP contribution in [0.1, 0.15) is 37.7 Å². The van der Waals surface area contributed by atoms with E-state index in [2.05, 4.69) is 59.8 Å². The molecule has 4 aromatic rings. The van der Waals surface area contributed by atoms with Gasteiger partial charge in [-0.1, -0.05) is 12.1 Å². The maximum Gasteiger partial charge on any atom is 0.236 e. The first-order chi connectivity index (χ1) is 16.0. The Balaban J connectivity index is 1.47. The molecule has 0 spiro atoms. The maximum atomic E-state index is 12.3. The molecule has 0 saturated carbocycles. The average molecular weight is 448 g/mol. The quantitative estimate of drug-likeness (QED) is 0.468. The van der Waals surface area contributed by atoms with Crippen LogP contribution in [0.5, 0.6) is 0 Å². The van der Waals surface area contributed by atoms with Crippen molar-refractivity contribution < 1.29 is 4.79 Å². The largest absolute Gasteiger partial charge is 0.358 e. The van der Waals surface area contributed by atoms with E-state index >= 15 is 0 Å². The van der Waals surface area contributed by atoms with Gasteiger partial charge in [0.05, 0.1) is 29.9 Å². The number of likely N-dealkylation sites (N-methyl/N-ethyl adjacent to an activating group) is 1. The third-order valence-corrected chi connectivity index (χ3v) is 6.29. The summed E-state index contributed by atoms with van der Waals surface area (Å²) in [5.74, 6) is 1.78. The van der Waals surface area contributed by atoms with E-state index in [-0.39, 0.29) is 18.0 Å². The van der Waals surface area contributed by atoms with Gasteiger partial charge in [-0.2, -0.15) is 0 Å². The fourth-order valence-corrected chi connectivity index (χ4v) is 4.61. The molecule has 3 aromatic heterocycles. The normalized spacial score (nSPS) is 18.0. The second kappa shape index (κ2) is 8.78. The van der Waals surface area contributed by atoms with Crippen LogP contribution < -0.4 is 5.32 Å². The molecule has 1 aromatic carbocycles. The van der Waals surface area contributed by atoms with Crippen LogP contribution in [-0.4, -0.2) is 78.9 Å². The van der Waals surface area contributed by atoms with Gasteiger partial charge in [-0.3, -0.25) is 9.69 Å². The fourth-order valence-electron chi connectivity index (χ4n) is 4.61. The number of H-pyrrole nitrogens is 1. The number of anilines is 1. The summed E-state index contributed by atoms with van der Waals surface area (Å²) in [6, 6.07) is 8.38. The highest BCUT2D eigenvalue weighted by molar-refractivity contribution is 5.82. The standard InChI is InChI=1S/C23H29N9O/c1-15(28-22-20-21(25-13-24-20)26-14-27-22)23-29-17-8-4-5-9-18(17)32(23)16-7-6-10-31(11-16)12-19(33)30(2)3/h4-5,8-9,13-16H,6-7,10-12H2,1-3H3,(H2,24,25,26,27,28)/t15-,16?/m0/s1. The van der Waals surface area contributed by atoms with E-state index in [1.165, 1.54) is 6.33 Å². The molecule has 1 aliphatic heterocycles. The molecule has 2 N–H and O–H groups in total. The second-order valence-electron chi connectivity index (χ2n) is 8.84. The average Bonchev–Trinajstić information content (AvgIpc) is 3.44. The molecule has 1 aliphatic rings. The Morgan fingerprint density at radius 3 is 2.97 bits per heavy atom. The lowest BCUT2D eigenvalue weighted by molar-refractivity contribution is -0.130. The number of aromatic amines is 1. The predicted molar refractivity (Wildman–Crippen MR) is 127 cm³/mol. The number of fused-ring (bicyclic) bond motifs is 2. The van der Waals surface area contributed by atoms with Crippen LogP contribution in [0.25, 0.3) is 22.2 Å². The van der Waals surface area contributed by atoms with Crippen LogP contribution in [0, 0.1) is 0 Å². The number of carbonyl (C=O) groups is 1. The van der Waals surface area contributed by atoms with Gasteiger partial charge in [0, 0.05) is 26.7 Å². The summed E-state index contributed by atoms with van der Waals surface area (Å²) in [6.45, 7) is 4.29. The minimum atomic E-state index is -0.0995.